The fourth-order valence-corrected chi connectivity index (χ4v) is 4.04. The number of nitrogens with zero attached hydrogens (tertiary/aromatic N) is 1. The van der Waals surface area contributed by atoms with Crippen LogP contribution in [0.1, 0.15) is 30.6 Å². The van der Waals surface area contributed by atoms with Crippen molar-refractivity contribution in [1.82, 2.24) is 0 Å². The van der Waals surface area contributed by atoms with Gasteiger partial charge < -0.3 is 0 Å². The summed E-state index contributed by atoms with van der Waals surface area (Å²) in [4.78, 5) is 11.8. The monoisotopic (exact) mass is 267 g/mol. The van der Waals surface area contributed by atoms with Crippen molar-refractivity contribution in [2.75, 3.05) is 16.6 Å². The summed E-state index contributed by atoms with van der Waals surface area (Å²) in [6.07, 6.45) is 0.258. The number of carbonyl (C=O) groups is 1. The Kier molecular flexibility index (Phi) is 3.43. The van der Waals surface area contributed by atoms with Crippen molar-refractivity contribution in [3.05, 3.63) is 29.8 Å². The van der Waals surface area contributed by atoms with Crippen LogP contribution in [0, 0.1) is 5.92 Å². The van der Waals surface area contributed by atoms with Gasteiger partial charge >= 0.3 is 0 Å². The molecule has 4 nitrogen and oxygen atoms in total. The molecule has 1 aromatic carbocycles. The van der Waals surface area contributed by atoms with Crippen molar-refractivity contribution in [2.45, 2.75) is 20.3 Å². The molecule has 0 atom stereocenters. The Morgan fingerprint density at radius 1 is 1.28 bits per heavy atom. The molecule has 0 saturated heterocycles. The number of ketones is 1. The minimum Gasteiger partial charge on any atom is -0.294 e. The number of Topliss-reactive ketones (excluding diaryl/α,β-unsaturated/α-hetero) is 1. The number of hydrogen-bond acceptors (Lipinski definition) is 3. The van der Waals surface area contributed by atoms with Crippen LogP contribution in [-0.4, -0.2) is 26.5 Å². The molecule has 0 fully saturated rings. The van der Waals surface area contributed by atoms with Crippen LogP contribution in [0.3, 0.4) is 0 Å². The molecule has 1 aliphatic heterocycles. The van der Waals surface area contributed by atoms with Crippen LogP contribution in [0.5, 0.6) is 0 Å². The van der Waals surface area contributed by atoms with E-state index < -0.39 is 10.0 Å². The van der Waals surface area contributed by atoms with E-state index in [4.69, 9.17) is 0 Å². The maximum atomic E-state index is 12.3. The number of sulfonamides is 1. The van der Waals surface area contributed by atoms with Crippen LogP contribution in [0.25, 0.3) is 0 Å². The van der Waals surface area contributed by atoms with E-state index in [-0.39, 0.29) is 30.4 Å². The summed E-state index contributed by atoms with van der Waals surface area (Å²) in [5.74, 6) is 0.191. The molecule has 1 aromatic rings. The molecule has 1 heterocycles. The van der Waals surface area contributed by atoms with Crippen LogP contribution in [0.4, 0.5) is 5.69 Å². The van der Waals surface area contributed by atoms with Gasteiger partial charge in [-0.05, 0) is 18.1 Å². The highest BCUT2D eigenvalue weighted by atomic mass is 32.2. The van der Waals surface area contributed by atoms with E-state index in [0.717, 1.165) is 0 Å². The first kappa shape index (κ1) is 13.1. The van der Waals surface area contributed by atoms with Gasteiger partial charge in [-0.1, -0.05) is 26.0 Å². The van der Waals surface area contributed by atoms with Crippen LogP contribution in [0.2, 0.25) is 0 Å². The maximum absolute atomic E-state index is 12.3. The zero-order valence-corrected chi connectivity index (χ0v) is 11.4. The highest BCUT2D eigenvalue weighted by molar-refractivity contribution is 7.92. The van der Waals surface area contributed by atoms with Crippen molar-refractivity contribution in [3.8, 4) is 0 Å². The van der Waals surface area contributed by atoms with Crippen LogP contribution < -0.4 is 4.31 Å². The predicted octanol–water partition coefficient (Wildman–Crippen LogP) is 2.07. The minimum absolute atomic E-state index is 0.0154. The lowest BCUT2D eigenvalue weighted by molar-refractivity contribution is 0.0982. The van der Waals surface area contributed by atoms with E-state index in [1.807, 2.05) is 13.8 Å². The second-order valence-corrected chi connectivity index (χ2v) is 6.87. The molecule has 2 rings (SSSR count). The normalized spacial score (nSPS) is 15.9. The molecule has 1 aliphatic rings. The van der Waals surface area contributed by atoms with Crippen LogP contribution in [-0.2, 0) is 10.0 Å². The molecule has 0 aromatic heterocycles. The Balaban J connectivity index is 2.43. The van der Waals surface area contributed by atoms with Crippen LogP contribution in [0.15, 0.2) is 24.3 Å². The summed E-state index contributed by atoms with van der Waals surface area (Å²) in [7, 11) is -3.34. The Morgan fingerprint density at radius 3 is 2.61 bits per heavy atom. The molecule has 0 spiro atoms. The van der Waals surface area contributed by atoms with E-state index >= 15 is 0 Å². The topological polar surface area (TPSA) is 54.5 Å². The highest BCUT2D eigenvalue weighted by Crippen LogP contribution is 2.29. The zero-order chi connectivity index (χ0) is 13.3. The lowest BCUT2D eigenvalue weighted by Gasteiger charge is -2.30. The van der Waals surface area contributed by atoms with E-state index in [1.54, 1.807) is 24.3 Å². The van der Waals surface area contributed by atoms with Crippen molar-refractivity contribution in [3.63, 3.8) is 0 Å². The SMILES string of the molecule is CC(C)CS(=O)(=O)N1CCC(=O)c2ccccc21. The van der Waals surface area contributed by atoms with Gasteiger partial charge in [-0.3, -0.25) is 9.10 Å². The molecular formula is C13H17NO3S. The number of benzene rings is 1. The molecule has 0 bridgehead atoms. The fraction of sp³-hybridized carbons (Fsp3) is 0.462. The number of anilines is 1. The predicted molar refractivity (Wildman–Crippen MR) is 71.4 cm³/mol. The van der Waals surface area contributed by atoms with E-state index in [1.165, 1.54) is 4.31 Å². The van der Waals surface area contributed by atoms with E-state index in [2.05, 4.69) is 0 Å². The summed E-state index contributed by atoms with van der Waals surface area (Å²) in [6, 6.07) is 6.91. The first-order chi connectivity index (χ1) is 8.42. The number of carbonyl (C=O) groups excluding carboxylic acids is 1. The van der Waals surface area contributed by atoms with Gasteiger partial charge in [0.1, 0.15) is 0 Å². The maximum Gasteiger partial charge on any atom is 0.235 e. The number of hydrogen-bond donors (Lipinski definition) is 0. The molecule has 98 valence electrons. The summed E-state index contributed by atoms with van der Waals surface area (Å²) in [5, 5.41) is 0. The molecule has 0 unspecified atom stereocenters. The third kappa shape index (κ3) is 2.41. The Hall–Kier alpha value is -1.36. The molecule has 5 heteroatoms. The van der Waals surface area contributed by atoms with E-state index in [0.29, 0.717) is 11.3 Å². The van der Waals surface area contributed by atoms with E-state index in [9.17, 15) is 13.2 Å². The smallest absolute Gasteiger partial charge is 0.235 e. The minimum atomic E-state index is -3.34. The van der Waals surface area contributed by atoms with Gasteiger partial charge in [0, 0.05) is 18.5 Å². The number of fused-ring (bicyclic) bond motifs is 1. The first-order valence-corrected chi connectivity index (χ1v) is 7.65. The van der Waals surface area contributed by atoms with Gasteiger partial charge in [0.15, 0.2) is 5.78 Å². The average Bonchev–Trinajstić information content (AvgIpc) is 2.27. The standard InChI is InChI=1S/C13H17NO3S/c1-10(2)9-18(16,17)14-8-7-13(15)11-5-3-4-6-12(11)14/h3-6,10H,7-9H2,1-2H3. The second-order valence-electron chi connectivity index (χ2n) is 4.93. The first-order valence-electron chi connectivity index (χ1n) is 6.04. The Labute approximate surface area is 108 Å². The third-order valence-electron chi connectivity index (χ3n) is 2.89. The summed E-state index contributed by atoms with van der Waals surface area (Å²) in [5.41, 5.74) is 1.03. The van der Waals surface area contributed by atoms with Crippen molar-refractivity contribution in [2.24, 2.45) is 5.92 Å². The summed E-state index contributed by atoms with van der Waals surface area (Å²) >= 11 is 0. The molecule has 0 saturated carbocycles. The summed E-state index contributed by atoms with van der Waals surface area (Å²) < 4.78 is 25.9. The van der Waals surface area contributed by atoms with Crippen molar-refractivity contribution < 1.29 is 13.2 Å². The van der Waals surface area contributed by atoms with Gasteiger partial charge in [0.2, 0.25) is 10.0 Å². The van der Waals surface area contributed by atoms with Gasteiger partial charge in [-0.15, -0.1) is 0 Å². The molecule has 0 N–H and O–H groups in total. The molecular weight excluding hydrogens is 250 g/mol. The third-order valence-corrected chi connectivity index (χ3v) is 5.03. The van der Waals surface area contributed by atoms with Gasteiger partial charge in [0.05, 0.1) is 11.4 Å². The fourth-order valence-electron chi connectivity index (χ4n) is 2.19. The quantitative estimate of drug-likeness (QED) is 0.842. The van der Waals surface area contributed by atoms with Crippen molar-refractivity contribution >= 4 is 21.5 Å². The Bertz CT molecular complexity index is 563. The van der Waals surface area contributed by atoms with Gasteiger partial charge in [0.25, 0.3) is 0 Å². The largest absolute Gasteiger partial charge is 0.294 e. The molecule has 0 amide bonds. The second kappa shape index (κ2) is 4.72. The van der Waals surface area contributed by atoms with Crippen molar-refractivity contribution in [1.29, 1.82) is 0 Å². The summed E-state index contributed by atoms with van der Waals surface area (Å²) in [6.45, 7) is 4.00. The number of rotatable bonds is 3. The highest BCUT2D eigenvalue weighted by Gasteiger charge is 2.30. The molecule has 0 radical (unpaired) electrons. The number of para-hydroxylation sites is 1. The average molecular weight is 267 g/mol. The lowest BCUT2D eigenvalue weighted by Crippen LogP contribution is -2.39. The molecule has 0 aliphatic carbocycles. The lowest BCUT2D eigenvalue weighted by atomic mass is 10.0. The zero-order valence-electron chi connectivity index (χ0n) is 10.6. The van der Waals surface area contributed by atoms with Crippen LogP contribution >= 0.6 is 0 Å². The van der Waals surface area contributed by atoms with Gasteiger partial charge in [-0.25, -0.2) is 8.42 Å². The van der Waals surface area contributed by atoms with Gasteiger partial charge in [-0.2, -0.15) is 0 Å². The Morgan fingerprint density at radius 2 is 1.94 bits per heavy atom. The molecule has 18 heavy (non-hydrogen) atoms.